The summed E-state index contributed by atoms with van der Waals surface area (Å²) in [5.74, 6) is 2.16. The summed E-state index contributed by atoms with van der Waals surface area (Å²) in [6.45, 7) is 3.67. The highest BCUT2D eigenvalue weighted by atomic mass is 32.2. The predicted molar refractivity (Wildman–Crippen MR) is 90.2 cm³/mol. The fourth-order valence-electron chi connectivity index (χ4n) is 2.29. The largest absolute Gasteiger partial charge is 0.494 e. The third-order valence-corrected chi connectivity index (χ3v) is 4.64. The van der Waals surface area contributed by atoms with Crippen molar-refractivity contribution in [3.05, 3.63) is 29.8 Å². The van der Waals surface area contributed by atoms with Gasteiger partial charge in [0.05, 0.1) is 6.61 Å². The molecule has 1 N–H and O–H groups in total. The van der Waals surface area contributed by atoms with Crippen LogP contribution in [0.15, 0.2) is 29.4 Å². The average molecular weight is 332 g/mol. The van der Waals surface area contributed by atoms with Crippen molar-refractivity contribution in [3.63, 3.8) is 0 Å². The van der Waals surface area contributed by atoms with Crippen molar-refractivity contribution in [2.24, 2.45) is 0 Å². The van der Waals surface area contributed by atoms with E-state index >= 15 is 0 Å². The summed E-state index contributed by atoms with van der Waals surface area (Å²) in [6, 6.07) is 7.16. The zero-order chi connectivity index (χ0) is 16.1. The van der Waals surface area contributed by atoms with Gasteiger partial charge in [-0.2, -0.15) is 0 Å². The Kier molecular flexibility index (Phi) is 5.17. The second-order valence-corrected chi connectivity index (χ2v) is 6.40. The van der Waals surface area contributed by atoms with Gasteiger partial charge < -0.3 is 4.74 Å². The molecule has 6 nitrogen and oxygen atoms in total. The number of aromatic nitrogens is 3. The first-order valence-electron chi connectivity index (χ1n) is 7.88. The van der Waals surface area contributed by atoms with Crippen molar-refractivity contribution in [2.75, 3.05) is 17.7 Å². The van der Waals surface area contributed by atoms with Crippen molar-refractivity contribution >= 4 is 23.6 Å². The second kappa shape index (κ2) is 7.50. The van der Waals surface area contributed by atoms with E-state index in [0.717, 1.165) is 42.5 Å². The summed E-state index contributed by atoms with van der Waals surface area (Å²) in [7, 11) is 0. The molecule has 1 aliphatic heterocycles. The van der Waals surface area contributed by atoms with Gasteiger partial charge in [0, 0.05) is 17.9 Å². The first kappa shape index (κ1) is 15.9. The van der Waals surface area contributed by atoms with Crippen molar-refractivity contribution < 1.29 is 9.53 Å². The number of nitrogens with zero attached hydrogens (tertiary/aromatic N) is 3. The lowest BCUT2D eigenvalue weighted by molar-refractivity contribution is 0.102. The zero-order valence-corrected chi connectivity index (χ0v) is 13.9. The third kappa shape index (κ3) is 3.85. The highest BCUT2D eigenvalue weighted by Crippen LogP contribution is 2.25. The standard InChI is InChI=1S/C16H20N4O2S/c1-2-3-10-22-13-7-5-12(6-8-13)14(21)17-15-18-19-16-20(15)9-4-11-23-16/h5-8H,2-4,9-11H2,1H3,(H,17,18,21). The lowest BCUT2D eigenvalue weighted by Crippen LogP contribution is -2.17. The van der Waals surface area contributed by atoms with E-state index < -0.39 is 0 Å². The molecule has 0 atom stereocenters. The van der Waals surface area contributed by atoms with E-state index in [-0.39, 0.29) is 5.91 Å². The zero-order valence-electron chi connectivity index (χ0n) is 13.1. The lowest BCUT2D eigenvalue weighted by atomic mass is 10.2. The van der Waals surface area contributed by atoms with E-state index in [9.17, 15) is 4.79 Å². The Morgan fingerprint density at radius 1 is 1.35 bits per heavy atom. The van der Waals surface area contributed by atoms with Crippen molar-refractivity contribution in [1.82, 2.24) is 14.8 Å². The van der Waals surface area contributed by atoms with E-state index in [1.807, 2.05) is 16.7 Å². The molecule has 1 aromatic carbocycles. The van der Waals surface area contributed by atoms with Crippen LogP contribution in [0.5, 0.6) is 5.75 Å². The molecular formula is C16H20N4O2S. The molecule has 0 saturated carbocycles. The van der Waals surface area contributed by atoms with E-state index in [2.05, 4.69) is 22.4 Å². The number of amides is 1. The molecule has 0 radical (unpaired) electrons. The molecule has 0 fully saturated rings. The highest BCUT2D eigenvalue weighted by Gasteiger charge is 2.18. The SMILES string of the molecule is CCCCOc1ccc(C(=O)Nc2nnc3n2CCCS3)cc1. The van der Waals surface area contributed by atoms with Crippen LogP contribution in [0.2, 0.25) is 0 Å². The Morgan fingerprint density at radius 3 is 2.96 bits per heavy atom. The summed E-state index contributed by atoms with van der Waals surface area (Å²) < 4.78 is 7.55. The van der Waals surface area contributed by atoms with E-state index in [1.165, 1.54) is 0 Å². The maximum atomic E-state index is 12.3. The lowest BCUT2D eigenvalue weighted by Gasteiger charge is -2.14. The minimum atomic E-state index is -0.184. The molecule has 2 aromatic rings. The van der Waals surface area contributed by atoms with Gasteiger partial charge in [-0.1, -0.05) is 25.1 Å². The first-order chi connectivity index (χ1) is 11.3. The smallest absolute Gasteiger partial charge is 0.258 e. The van der Waals surface area contributed by atoms with Crippen molar-refractivity contribution in [3.8, 4) is 5.75 Å². The summed E-state index contributed by atoms with van der Waals surface area (Å²) >= 11 is 1.67. The molecule has 23 heavy (non-hydrogen) atoms. The number of nitrogens with one attached hydrogen (secondary N) is 1. The van der Waals surface area contributed by atoms with Gasteiger partial charge in [-0.05, 0) is 37.1 Å². The summed E-state index contributed by atoms with van der Waals surface area (Å²) in [6.07, 6.45) is 3.18. The summed E-state index contributed by atoms with van der Waals surface area (Å²) in [5.41, 5.74) is 0.577. The maximum absolute atomic E-state index is 12.3. The van der Waals surface area contributed by atoms with E-state index in [1.54, 1.807) is 23.9 Å². The van der Waals surface area contributed by atoms with E-state index in [0.29, 0.717) is 18.1 Å². The van der Waals surface area contributed by atoms with Crippen LogP contribution < -0.4 is 10.1 Å². The highest BCUT2D eigenvalue weighted by molar-refractivity contribution is 7.99. The van der Waals surface area contributed by atoms with Crippen molar-refractivity contribution in [1.29, 1.82) is 0 Å². The topological polar surface area (TPSA) is 69.0 Å². The van der Waals surface area contributed by atoms with Gasteiger partial charge in [-0.3, -0.25) is 14.7 Å². The van der Waals surface area contributed by atoms with Gasteiger partial charge in [0.25, 0.3) is 5.91 Å². The fourth-order valence-corrected chi connectivity index (χ4v) is 3.17. The second-order valence-electron chi connectivity index (χ2n) is 5.34. The van der Waals surface area contributed by atoms with Gasteiger partial charge in [0.2, 0.25) is 5.95 Å². The number of rotatable bonds is 6. The normalized spacial score (nSPS) is 13.4. The summed E-state index contributed by atoms with van der Waals surface area (Å²) in [4.78, 5) is 12.3. The number of benzene rings is 1. The number of ether oxygens (including phenoxy) is 1. The van der Waals surface area contributed by atoms with Crippen LogP contribution in [-0.2, 0) is 6.54 Å². The molecule has 0 spiro atoms. The van der Waals surface area contributed by atoms with Crippen LogP contribution in [0.25, 0.3) is 0 Å². The van der Waals surface area contributed by atoms with Gasteiger partial charge in [-0.15, -0.1) is 10.2 Å². The van der Waals surface area contributed by atoms with Gasteiger partial charge in [0.15, 0.2) is 5.16 Å². The van der Waals surface area contributed by atoms with Crippen LogP contribution >= 0.6 is 11.8 Å². The average Bonchev–Trinajstić information content (AvgIpc) is 2.99. The Balaban J connectivity index is 1.63. The molecule has 122 valence electrons. The van der Waals surface area contributed by atoms with Crippen LogP contribution in [0.3, 0.4) is 0 Å². The molecule has 2 heterocycles. The number of anilines is 1. The predicted octanol–water partition coefficient (Wildman–Crippen LogP) is 3.21. The first-order valence-corrected chi connectivity index (χ1v) is 8.86. The Labute approximate surface area is 139 Å². The molecule has 1 aliphatic rings. The Bertz CT molecular complexity index is 669. The monoisotopic (exact) mass is 332 g/mol. The molecule has 0 unspecified atom stereocenters. The van der Waals surface area contributed by atoms with Gasteiger partial charge in [0.1, 0.15) is 5.75 Å². The summed E-state index contributed by atoms with van der Waals surface area (Å²) in [5, 5.41) is 11.9. The van der Waals surface area contributed by atoms with Crippen LogP contribution in [0.4, 0.5) is 5.95 Å². The molecule has 1 amide bonds. The molecule has 0 aliphatic carbocycles. The van der Waals surface area contributed by atoms with Crippen molar-refractivity contribution in [2.45, 2.75) is 37.9 Å². The number of carbonyl (C=O) groups is 1. The number of hydrogen-bond donors (Lipinski definition) is 1. The molecular weight excluding hydrogens is 312 g/mol. The Morgan fingerprint density at radius 2 is 2.17 bits per heavy atom. The number of fused-ring (bicyclic) bond motifs is 1. The molecule has 3 rings (SSSR count). The number of carbonyl (C=O) groups excluding carboxylic acids is 1. The van der Waals surface area contributed by atoms with Crippen LogP contribution in [0.1, 0.15) is 36.5 Å². The minimum absolute atomic E-state index is 0.184. The molecule has 1 aromatic heterocycles. The molecule has 0 saturated heterocycles. The maximum Gasteiger partial charge on any atom is 0.258 e. The minimum Gasteiger partial charge on any atom is -0.494 e. The van der Waals surface area contributed by atoms with E-state index in [4.69, 9.17) is 4.74 Å². The third-order valence-electron chi connectivity index (χ3n) is 3.58. The van der Waals surface area contributed by atoms with Gasteiger partial charge in [-0.25, -0.2) is 0 Å². The Hall–Kier alpha value is -2.02. The van der Waals surface area contributed by atoms with Crippen LogP contribution in [-0.4, -0.2) is 33.0 Å². The molecule has 0 bridgehead atoms. The molecule has 7 heteroatoms. The quantitative estimate of drug-likeness (QED) is 0.823. The van der Waals surface area contributed by atoms with Gasteiger partial charge >= 0.3 is 0 Å². The number of thioether (sulfide) groups is 1. The fraction of sp³-hybridized carbons (Fsp3) is 0.438. The number of unbranched alkanes of at least 4 members (excludes halogenated alkanes) is 1. The number of hydrogen-bond acceptors (Lipinski definition) is 5. The van der Waals surface area contributed by atoms with Crippen LogP contribution in [0, 0.1) is 0 Å².